The van der Waals surface area contributed by atoms with Crippen molar-refractivity contribution >= 4 is 8.56 Å². The van der Waals surface area contributed by atoms with Crippen LogP contribution in [0.5, 0.6) is 0 Å². The first-order valence-corrected chi connectivity index (χ1v) is 11.2. The molecular formula is C17H38O2Si. The molecule has 1 unspecified atom stereocenters. The summed E-state index contributed by atoms with van der Waals surface area (Å²) >= 11 is 0. The normalized spacial score (nSPS) is 13.7. The van der Waals surface area contributed by atoms with Crippen LogP contribution in [0.2, 0.25) is 12.1 Å². The van der Waals surface area contributed by atoms with Crippen LogP contribution in [0.25, 0.3) is 0 Å². The van der Waals surface area contributed by atoms with Gasteiger partial charge in [-0.25, -0.2) is 0 Å². The Bertz CT molecular complexity index is 205. The molecule has 0 rings (SSSR count). The number of hydrogen-bond acceptors (Lipinski definition) is 2. The fourth-order valence-electron chi connectivity index (χ4n) is 2.48. The molecule has 0 aliphatic heterocycles. The average molecular weight is 303 g/mol. The molecule has 1 atom stereocenters. The van der Waals surface area contributed by atoms with Gasteiger partial charge in [-0.2, -0.15) is 0 Å². The van der Waals surface area contributed by atoms with Crippen LogP contribution in [-0.4, -0.2) is 21.8 Å². The summed E-state index contributed by atoms with van der Waals surface area (Å²) in [5.74, 6) is 0.721. The van der Waals surface area contributed by atoms with Crippen LogP contribution in [-0.2, 0) is 8.85 Å². The van der Waals surface area contributed by atoms with E-state index in [4.69, 9.17) is 8.85 Å². The summed E-state index contributed by atoms with van der Waals surface area (Å²) < 4.78 is 12.6. The van der Waals surface area contributed by atoms with Crippen molar-refractivity contribution in [3.8, 4) is 0 Å². The lowest BCUT2D eigenvalue weighted by atomic mass is 10.0. The van der Waals surface area contributed by atoms with Crippen LogP contribution in [0.3, 0.4) is 0 Å². The van der Waals surface area contributed by atoms with E-state index in [9.17, 15) is 0 Å². The first-order chi connectivity index (χ1) is 9.67. The maximum atomic E-state index is 6.38. The SMILES string of the molecule is CCCCCO[Si](CC)(CC)OCC(CC)CCCC. The number of rotatable bonds is 14. The summed E-state index contributed by atoms with van der Waals surface area (Å²) in [7, 11) is -1.91. The quantitative estimate of drug-likeness (QED) is 0.293. The molecule has 0 N–H and O–H groups in total. The third-order valence-corrected chi connectivity index (χ3v) is 7.89. The molecule has 20 heavy (non-hydrogen) atoms. The Balaban J connectivity index is 4.20. The van der Waals surface area contributed by atoms with Crippen LogP contribution in [0, 0.1) is 5.92 Å². The maximum Gasteiger partial charge on any atom is 0.337 e. The maximum absolute atomic E-state index is 6.38. The minimum atomic E-state index is -1.91. The molecule has 0 aromatic carbocycles. The third kappa shape index (κ3) is 8.43. The van der Waals surface area contributed by atoms with Gasteiger partial charge < -0.3 is 8.85 Å². The fraction of sp³-hybridized carbons (Fsp3) is 1.00. The molecule has 0 aliphatic rings. The van der Waals surface area contributed by atoms with E-state index in [-0.39, 0.29) is 0 Å². The smallest absolute Gasteiger partial charge is 0.337 e. The van der Waals surface area contributed by atoms with Crippen LogP contribution < -0.4 is 0 Å². The highest BCUT2D eigenvalue weighted by Crippen LogP contribution is 2.22. The van der Waals surface area contributed by atoms with Crippen molar-refractivity contribution in [1.29, 1.82) is 0 Å². The zero-order valence-corrected chi connectivity index (χ0v) is 15.7. The summed E-state index contributed by atoms with van der Waals surface area (Å²) in [6.45, 7) is 13.1. The lowest BCUT2D eigenvalue weighted by molar-refractivity contribution is 0.138. The Kier molecular flexibility index (Phi) is 12.9. The van der Waals surface area contributed by atoms with E-state index < -0.39 is 8.56 Å². The highest BCUT2D eigenvalue weighted by molar-refractivity contribution is 6.67. The van der Waals surface area contributed by atoms with E-state index in [1.165, 1.54) is 44.9 Å². The molecule has 3 heteroatoms. The molecule has 0 radical (unpaired) electrons. The van der Waals surface area contributed by atoms with Crippen LogP contribution in [0.4, 0.5) is 0 Å². The van der Waals surface area contributed by atoms with Gasteiger partial charge in [-0.05, 0) is 30.8 Å². The van der Waals surface area contributed by atoms with Crippen molar-refractivity contribution in [3.63, 3.8) is 0 Å². The summed E-state index contributed by atoms with van der Waals surface area (Å²) in [6, 6.07) is 2.17. The predicted molar refractivity (Wildman–Crippen MR) is 91.5 cm³/mol. The van der Waals surface area contributed by atoms with E-state index in [0.717, 1.165) is 31.2 Å². The van der Waals surface area contributed by atoms with Crippen LogP contribution in [0.15, 0.2) is 0 Å². The predicted octanol–water partition coefficient (Wildman–Crippen LogP) is 5.91. The standard InChI is InChI=1S/C17H38O2Si/c1-6-11-13-15-18-20(9-4,10-5)19-16-17(8-3)14-12-7-2/h17H,6-16H2,1-5H3. The fourth-order valence-corrected chi connectivity index (χ4v) is 4.93. The number of unbranched alkanes of at least 4 members (excludes halogenated alkanes) is 3. The van der Waals surface area contributed by atoms with Gasteiger partial charge >= 0.3 is 8.56 Å². The molecule has 0 aliphatic carbocycles. The van der Waals surface area contributed by atoms with Gasteiger partial charge in [0, 0.05) is 13.2 Å². The molecule has 0 bridgehead atoms. The monoisotopic (exact) mass is 302 g/mol. The molecule has 0 aromatic heterocycles. The van der Waals surface area contributed by atoms with Crippen molar-refractivity contribution in [3.05, 3.63) is 0 Å². The Hall–Kier alpha value is 0.137. The molecule has 2 nitrogen and oxygen atoms in total. The molecule has 0 aromatic rings. The zero-order chi connectivity index (χ0) is 15.3. The second kappa shape index (κ2) is 12.8. The second-order valence-electron chi connectivity index (χ2n) is 5.90. The van der Waals surface area contributed by atoms with Gasteiger partial charge in [-0.15, -0.1) is 0 Å². The lowest BCUT2D eigenvalue weighted by Gasteiger charge is -2.30. The van der Waals surface area contributed by atoms with Crippen LogP contribution >= 0.6 is 0 Å². The van der Waals surface area contributed by atoms with Crippen LogP contribution in [0.1, 0.15) is 79.6 Å². The first kappa shape index (κ1) is 20.1. The summed E-state index contributed by atoms with van der Waals surface area (Å²) in [4.78, 5) is 0. The molecule has 0 saturated heterocycles. The highest BCUT2D eigenvalue weighted by atomic mass is 28.4. The summed E-state index contributed by atoms with van der Waals surface area (Å²) in [5.41, 5.74) is 0. The Morgan fingerprint density at radius 2 is 1.45 bits per heavy atom. The van der Waals surface area contributed by atoms with E-state index in [1.807, 2.05) is 0 Å². The molecule has 0 amide bonds. The second-order valence-corrected chi connectivity index (χ2v) is 9.71. The molecule has 0 heterocycles. The topological polar surface area (TPSA) is 18.5 Å². The minimum absolute atomic E-state index is 0.721. The van der Waals surface area contributed by atoms with E-state index in [1.54, 1.807) is 0 Å². The third-order valence-electron chi connectivity index (χ3n) is 4.32. The van der Waals surface area contributed by atoms with Gasteiger partial charge in [0.1, 0.15) is 0 Å². The van der Waals surface area contributed by atoms with Gasteiger partial charge in [0.05, 0.1) is 0 Å². The van der Waals surface area contributed by atoms with Crippen molar-refractivity contribution in [2.75, 3.05) is 13.2 Å². The summed E-state index contributed by atoms with van der Waals surface area (Å²) in [5, 5.41) is 0. The molecule has 0 saturated carbocycles. The average Bonchev–Trinajstić information content (AvgIpc) is 2.49. The molecule has 122 valence electrons. The Labute approximate surface area is 128 Å². The Morgan fingerprint density at radius 1 is 0.800 bits per heavy atom. The van der Waals surface area contributed by atoms with Gasteiger partial charge in [0.2, 0.25) is 0 Å². The van der Waals surface area contributed by atoms with Gasteiger partial charge in [0.25, 0.3) is 0 Å². The van der Waals surface area contributed by atoms with E-state index in [0.29, 0.717) is 0 Å². The van der Waals surface area contributed by atoms with Crippen molar-refractivity contribution in [2.45, 2.75) is 91.7 Å². The van der Waals surface area contributed by atoms with E-state index in [2.05, 4.69) is 34.6 Å². The van der Waals surface area contributed by atoms with Crippen molar-refractivity contribution < 1.29 is 8.85 Å². The Morgan fingerprint density at radius 3 is 1.95 bits per heavy atom. The molecule has 0 spiro atoms. The molecule has 0 fully saturated rings. The van der Waals surface area contributed by atoms with Crippen molar-refractivity contribution in [1.82, 2.24) is 0 Å². The first-order valence-electron chi connectivity index (χ1n) is 8.95. The lowest BCUT2D eigenvalue weighted by Crippen LogP contribution is -2.42. The van der Waals surface area contributed by atoms with Gasteiger partial charge in [-0.1, -0.05) is 66.7 Å². The molecular weight excluding hydrogens is 264 g/mol. The zero-order valence-electron chi connectivity index (χ0n) is 14.7. The van der Waals surface area contributed by atoms with Crippen molar-refractivity contribution in [2.24, 2.45) is 5.92 Å². The van der Waals surface area contributed by atoms with Gasteiger partial charge in [-0.3, -0.25) is 0 Å². The largest absolute Gasteiger partial charge is 0.394 e. The minimum Gasteiger partial charge on any atom is -0.394 e. The summed E-state index contributed by atoms with van der Waals surface area (Å²) in [6.07, 6.45) is 8.86. The van der Waals surface area contributed by atoms with Gasteiger partial charge in [0.15, 0.2) is 0 Å². The highest BCUT2D eigenvalue weighted by Gasteiger charge is 2.34. The van der Waals surface area contributed by atoms with E-state index >= 15 is 0 Å². The number of hydrogen-bond donors (Lipinski definition) is 0.